The number of hydrogen-bond donors (Lipinski definition) is 3. The maximum atomic E-state index is 12.2. The highest BCUT2D eigenvalue weighted by molar-refractivity contribution is 5.79. The van der Waals surface area contributed by atoms with Crippen molar-refractivity contribution >= 4 is 12.1 Å². The summed E-state index contributed by atoms with van der Waals surface area (Å²) in [6.45, 7) is 7.57. The zero-order chi connectivity index (χ0) is 19.7. The fourth-order valence-corrected chi connectivity index (χ4v) is 2.82. The van der Waals surface area contributed by atoms with Gasteiger partial charge in [-0.2, -0.15) is 0 Å². The van der Waals surface area contributed by atoms with Gasteiger partial charge in [-0.1, -0.05) is 30.3 Å². The predicted octanol–water partition coefficient (Wildman–Crippen LogP) is 2.60. The minimum atomic E-state index is -0.544. The van der Waals surface area contributed by atoms with E-state index in [1.54, 1.807) is 7.05 Å². The van der Waals surface area contributed by atoms with E-state index in [1.807, 2.05) is 51.1 Å². The van der Waals surface area contributed by atoms with E-state index in [0.29, 0.717) is 12.5 Å². The van der Waals surface area contributed by atoms with Gasteiger partial charge in [-0.3, -0.25) is 4.99 Å². The Labute approximate surface area is 161 Å². The summed E-state index contributed by atoms with van der Waals surface area (Å²) in [5, 5.41) is 9.49. The van der Waals surface area contributed by atoms with E-state index in [2.05, 4.69) is 20.9 Å². The van der Waals surface area contributed by atoms with E-state index in [9.17, 15) is 4.79 Å². The fourth-order valence-electron chi connectivity index (χ4n) is 2.82. The van der Waals surface area contributed by atoms with Crippen LogP contribution < -0.4 is 16.0 Å². The molecule has 0 aliphatic carbocycles. The number of nitrogens with one attached hydrogen (secondary N) is 3. The quantitative estimate of drug-likeness (QED) is 0.525. The van der Waals surface area contributed by atoms with Gasteiger partial charge in [0.25, 0.3) is 0 Å². The normalized spacial score (nSPS) is 18.7. The summed E-state index contributed by atoms with van der Waals surface area (Å²) in [4.78, 5) is 16.5. The first-order valence-electron chi connectivity index (χ1n) is 9.48. The van der Waals surface area contributed by atoms with Crippen LogP contribution in [0.3, 0.4) is 0 Å². The van der Waals surface area contributed by atoms with Gasteiger partial charge in [0.15, 0.2) is 5.96 Å². The van der Waals surface area contributed by atoms with Crippen molar-refractivity contribution in [2.24, 2.45) is 4.99 Å². The van der Waals surface area contributed by atoms with Crippen LogP contribution in [0.2, 0.25) is 0 Å². The molecule has 1 saturated heterocycles. The van der Waals surface area contributed by atoms with Crippen LogP contribution in [0.15, 0.2) is 35.3 Å². The average Bonchev–Trinajstić information content (AvgIpc) is 3.13. The first kappa shape index (κ1) is 21.0. The van der Waals surface area contributed by atoms with Gasteiger partial charge in [-0.05, 0) is 39.2 Å². The Bertz CT molecular complexity index is 607. The van der Waals surface area contributed by atoms with Gasteiger partial charge in [0.05, 0.1) is 12.1 Å². The van der Waals surface area contributed by atoms with E-state index < -0.39 is 11.7 Å². The number of guanidine groups is 1. The lowest BCUT2D eigenvalue weighted by atomic mass is 10.1. The zero-order valence-electron chi connectivity index (χ0n) is 16.7. The minimum absolute atomic E-state index is 0.230. The van der Waals surface area contributed by atoms with Crippen LogP contribution in [0.5, 0.6) is 0 Å². The first-order valence-corrected chi connectivity index (χ1v) is 9.48. The number of hydrogen-bond acceptors (Lipinski definition) is 4. The largest absolute Gasteiger partial charge is 0.444 e. The third-order valence-electron chi connectivity index (χ3n) is 4.11. The van der Waals surface area contributed by atoms with Crippen molar-refractivity contribution in [3.8, 4) is 0 Å². The molecule has 1 aromatic carbocycles. The molecular formula is C20H32N4O3. The van der Waals surface area contributed by atoms with E-state index in [4.69, 9.17) is 9.47 Å². The Hall–Kier alpha value is -2.28. The number of alkyl carbamates (subject to hydrolysis) is 1. The number of rotatable bonds is 6. The van der Waals surface area contributed by atoms with Crippen LogP contribution in [0.4, 0.5) is 4.79 Å². The Morgan fingerprint density at radius 2 is 2.04 bits per heavy atom. The van der Waals surface area contributed by atoms with Crippen molar-refractivity contribution in [3.63, 3.8) is 0 Å². The highest BCUT2D eigenvalue weighted by atomic mass is 16.6. The molecule has 27 heavy (non-hydrogen) atoms. The monoisotopic (exact) mass is 376 g/mol. The van der Waals surface area contributed by atoms with Crippen molar-refractivity contribution in [2.75, 3.05) is 26.7 Å². The molecule has 1 amide bonds. The molecule has 0 saturated carbocycles. The molecular weight excluding hydrogens is 344 g/mol. The molecule has 7 heteroatoms. The topological polar surface area (TPSA) is 84.0 Å². The Morgan fingerprint density at radius 1 is 1.30 bits per heavy atom. The molecule has 7 nitrogen and oxygen atoms in total. The minimum Gasteiger partial charge on any atom is -0.444 e. The lowest BCUT2D eigenvalue weighted by Gasteiger charge is -2.25. The molecule has 0 bridgehead atoms. The summed E-state index contributed by atoms with van der Waals surface area (Å²) < 4.78 is 11.0. The van der Waals surface area contributed by atoms with Crippen molar-refractivity contribution in [3.05, 3.63) is 35.9 Å². The SMILES string of the molecule is CN=C(NCC1CCCO1)NCC(NC(=O)OC(C)(C)C)c1ccccc1. The summed E-state index contributed by atoms with van der Waals surface area (Å²) >= 11 is 0. The van der Waals surface area contributed by atoms with Gasteiger partial charge in [0.1, 0.15) is 5.60 Å². The molecule has 1 fully saturated rings. The molecule has 1 heterocycles. The predicted molar refractivity (Wildman–Crippen MR) is 107 cm³/mol. The number of nitrogens with zero attached hydrogens (tertiary/aromatic N) is 1. The van der Waals surface area contributed by atoms with Gasteiger partial charge in [-0.15, -0.1) is 0 Å². The van der Waals surface area contributed by atoms with Crippen LogP contribution >= 0.6 is 0 Å². The summed E-state index contributed by atoms with van der Waals surface area (Å²) in [5.74, 6) is 0.678. The molecule has 1 aromatic rings. The first-order chi connectivity index (χ1) is 12.9. The second-order valence-corrected chi connectivity index (χ2v) is 7.58. The molecule has 3 N–H and O–H groups in total. The maximum absolute atomic E-state index is 12.2. The van der Waals surface area contributed by atoms with Crippen molar-refractivity contribution < 1.29 is 14.3 Å². The van der Waals surface area contributed by atoms with Crippen LogP contribution in [0.1, 0.15) is 45.2 Å². The van der Waals surface area contributed by atoms with Gasteiger partial charge < -0.3 is 25.4 Å². The van der Waals surface area contributed by atoms with Gasteiger partial charge >= 0.3 is 6.09 Å². The fraction of sp³-hybridized carbons (Fsp3) is 0.600. The average molecular weight is 377 g/mol. The Kier molecular flexibility index (Phi) is 7.91. The number of carbonyl (C=O) groups excluding carboxylic acids is 1. The third-order valence-corrected chi connectivity index (χ3v) is 4.11. The van der Waals surface area contributed by atoms with Gasteiger partial charge in [0, 0.05) is 26.7 Å². The second kappa shape index (κ2) is 10.2. The zero-order valence-corrected chi connectivity index (χ0v) is 16.7. The number of benzene rings is 1. The maximum Gasteiger partial charge on any atom is 0.408 e. The van der Waals surface area contributed by atoms with E-state index in [-0.39, 0.29) is 12.1 Å². The molecule has 0 radical (unpaired) electrons. The van der Waals surface area contributed by atoms with Crippen LogP contribution in [-0.4, -0.2) is 50.5 Å². The number of ether oxygens (including phenoxy) is 2. The molecule has 1 aliphatic rings. The summed E-state index contributed by atoms with van der Waals surface area (Å²) in [5.41, 5.74) is 0.447. The van der Waals surface area contributed by atoms with E-state index >= 15 is 0 Å². The number of carbonyl (C=O) groups is 1. The highest BCUT2D eigenvalue weighted by Gasteiger charge is 2.21. The van der Waals surface area contributed by atoms with Crippen molar-refractivity contribution in [1.82, 2.24) is 16.0 Å². The summed E-state index contributed by atoms with van der Waals surface area (Å²) in [7, 11) is 1.73. The van der Waals surface area contributed by atoms with Gasteiger partial charge in [-0.25, -0.2) is 4.79 Å². The molecule has 2 atom stereocenters. The Balaban J connectivity index is 1.93. The van der Waals surface area contributed by atoms with Crippen molar-refractivity contribution in [2.45, 2.75) is 51.4 Å². The number of amides is 1. The molecule has 150 valence electrons. The van der Waals surface area contributed by atoms with E-state index in [0.717, 1.165) is 31.6 Å². The molecule has 0 spiro atoms. The third kappa shape index (κ3) is 7.86. The second-order valence-electron chi connectivity index (χ2n) is 7.58. The van der Waals surface area contributed by atoms with E-state index in [1.165, 1.54) is 0 Å². The number of aliphatic imine (C=N–C) groups is 1. The van der Waals surface area contributed by atoms with Crippen molar-refractivity contribution in [1.29, 1.82) is 0 Å². The summed E-state index contributed by atoms with van der Waals surface area (Å²) in [6, 6.07) is 9.55. The van der Waals surface area contributed by atoms with Gasteiger partial charge in [0.2, 0.25) is 0 Å². The molecule has 2 rings (SSSR count). The van der Waals surface area contributed by atoms with Crippen LogP contribution in [0.25, 0.3) is 0 Å². The molecule has 1 aliphatic heterocycles. The molecule has 2 unspecified atom stereocenters. The lowest BCUT2D eigenvalue weighted by Crippen LogP contribution is -2.45. The lowest BCUT2D eigenvalue weighted by molar-refractivity contribution is 0.0504. The molecule has 0 aromatic heterocycles. The Morgan fingerprint density at radius 3 is 2.63 bits per heavy atom. The summed E-state index contributed by atoms with van der Waals surface area (Å²) in [6.07, 6.45) is 1.96. The van der Waals surface area contributed by atoms with Crippen LogP contribution in [-0.2, 0) is 9.47 Å². The smallest absolute Gasteiger partial charge is 0.408 e. The highest BCUT2D eigenvalue weighted by Crippen LogP contribution is 2.14. The van der Waals surface area contributed by atoms with Crippen LogP contribution in [0, 0.1) is 0 Å². The standard InChI is InChI=1S/C20H32N4O3/c1-20(2,3)27-19(25)24-17(15-9-6-5-7-10-15)14-23-18(21-4)22-13-16-11-8-12-26-16/h5-7,9-10,16-17H,8,11-14H2,1-4H3,(H,24,25)(H2,21,22,23).